The summed E-state index contributed by atoms with van der Waals surface area (Å²) in [5.74, 6) is -0.110. The Morgan fingerprint density at radius 2 is 1.70 bits per heavy atom. The summed E-state index contributed by atoms with van der Waals surface area (Å²) in [4.78, 5) is 26.3. The average Bonchev–Trinajstić information content (AvgIpc) is 2.66. The number of hydrogen-bond acceptors (Lipinski definition) is 3. The van der Waals surface area contributed by atoms with Gasteiger partial charge in [-0.3, -0.25) is 9.59 Å². The Morgan fingerprint density at radius 3 is 2.37 bits per heavy atom. The lowest BCUT2D eigenvalue weighted by atomic mass is 10.1. The van der Waals surface area contributed by atoms with Gasteiger partial charge in [-0.1, -0.05) is 48.5 Å². The number of quaternary nitrogens is 1. The van der Waals surface area contributed by atoms with Crippen molar-refractivity contribution >= 4 is 16.7 Å². The Bertz CT molecular complexity index is 996. The molecule has 3 rings (SSSR count). The molecule has 27 heavy (non-hydrogen) atoms. The van der Waals surface area contributed by atoms with Gasteiger partial charge in [0.2, 0.25) is 5.91 Å². The SMILES string of the molecule is Cn1nc(CC(=O)N[C@H](C[NH+](C)C)c2ccccc2)c2ccccc2c1=O. The number of amides is 1. The summed E-state index contributed by atoms with van der Waals surface area (Å²) in [5.41, 5.74) is 1.52. The third-order valence-corrected chi connectivity index (χ3v) is 4.51. The van der Waals surface area contributed by atoms with E-state index in [1.807, 2.05) is 48.5 Å². The summed E-state index contributed by atoms with van der Waals surface area (Å²) in [7, 11) is 5.73. The van der Waals surface area contributed by atoms with Gasteiger partial charge in [0.15, 0.2) is 0 Å². The second-order valence-corrected chi connectivity index (χ2v) is 7.04. The van der Waals surface area contributed by atoms with Crippen molar-refractivity contribution in [2.45, 2.75) is 12.5 Å². The topological polar surface area (TPSA) is 68.4 Å². The van der Waals surface area contributed by atoms with Gasteiger partial charge in [0.05, 0.1) is 31.6 Å². The summed E-state index contributed by atoms with van der Waals surface area (Å²) in [6.07, 6.45) is 0.126. The van der Waals surface area contributed by atoms with Gasteiger partial charge in [-0.15, -0.1) is 0 Å². The second kappa shape index (κ2) is 8.14. The fraction of sp³-hybridized carbons (Fsp3) is 0.286. The molecule has 1 atom stereocenters. The molecule has 2 aromatic carbocycles. The van der Waals surface area contributed by atoms with E-state index in [0.29, 0.717) is 11.1 Å². The molecule has 6 nitrogen and oxygen atoms in total. The fourth-order valence-electron chi connectivity index (χ4n) is 3.25. The molecule has 3 aromatic rings. The highest BCUT2D eigenvalue weighted by Gasteiger charge is 2.19. The number of benzene rings is 2. The maximum absolute atomic E-state index is 12.8. The van der Waals surface area contributed by atoms with E-state index in [4.69, 9.17) is 0 Å². The van der Waals surface area contributed by atoms with Crippen LogP contribution in [0.25, 0.3) is 10.8 Å². The van der Waals surface area contributed by atoms with E-state index in [2.05, 4.69) is 24.5 Å². The van der Waals surface area contributed by atoms with Crippen LogP contribution in [0, 0.1) is 0 Å². The highest BCUT2D eigenvalue weighted by molar-refractivity contribution is 5.88. The Kier molecular flexibility index (Phi) is 5.66. The maximum atomic E-state index is 12.8. The minimum atomic E-state index is -0.159. The molecule has 0 radical (unpaired) electrons. The molecule has 0 fully saturated rings. The van der Waals surface area contributed by atoms with E-state index < -0.39 is 0 Å². The molecule has 0 bridgehead atoms. The first-order valence-corrected chi connectivity index (χ1v) is 9.04. The number of carbonyl (C=O) groups excluding carboxylic acids is 1. The van der Waals surface area contributed by atoms with Crippen molar-refractivity contribution in [2.75, 3.05) is 20.6 Å². The van der Waals surface area contributed by atoms with E-state index >= 15 is 0 Å². The number of nitrogens with one attached hydrogen (secondary N) is 2. The van der Waals surface area contributed by atoms with Crippen LogP contribution in [0.2, 0.25) is 0 Å². The zero-order valence-electron chi connectivity index (χ0n) is 15.9. The number of hydrogen-bond donors (Lipinski definition) is 2. The molecule has 0 unspecified atom stereocenters. The lowest BCUT2D eigenvalue weighted by molar-refractivity contribution is -0.860. The van der Waals surface area contributed by atoms with E-state index in [-0.39, 0.29) is 23.9 Å². The summed E-state index contributed by atoms with van der Waals surface area (Å²) in [5, 5.41) is 8.75. The van der Waals surface area contributed by atoms with Gasteiger partial charge in [0.1, 0.15) is 12.6 Å². The number of carbonyl (C=O) groups is 1. The van der Waals surface area contributed by atoms with E-state index in [1.165, 1.54) is 9.58 Å². The Balaban J connectivity index is 1.85. The quantitative estimate of drug-likeness (QED) is 0.668. The number of likely N-dealkylation sites (N-methyl/N-ethyl adjacent to an activating group) is 1. The van der Waals surface area contributed by atoms with E-state index in [0.717, 1.165) is 17.5 Å². The van der Waals surface area contributed by atoms with Crippen LogP contribution in [0.15, 0.2) is 59.4 Å². The molecule has 0 saturated carbocycles. The zero-order chi connectivity index (χ0) is 19.4. The van der Waals surface area contributed by atoms with Crippen LogP contribution in [-0.4, -0.2) is 36.3 Å². The molecule has 1 heterocycles. The molecule has 0 aliphatic heterocycles. The molecular weight excluding hydrogens is 340 g/mol. The van der Waals surface area contributed by atoms with Crippen molar-refractivity contribution in [1.82, 2.24) is 15.1 Å². The molecule has 2 N–H and O–H groups in total. The van der Waals surface area contributed by atoms with Gasteiger partial charge in [-0.2, -0.15) is 5.10 Å². The summed E-state index contributed by atoms with van der Waals surface area (Å²) < 4.78 is 1.30. The number of aromatic nitrogens is 2. The third kappa shape index (κ3) is 4.41. The Labute approximate surface area is 158 Å². The normalized spacial score (nSPS) is 12.3. The molecule has 0 aliphatic carbocycles. The molecule has 0 spiro atoms. The largest absolute Gasteiger partial charge is 0.343 e. The van der Waals surface area contributed by atoms with Crippen LogP contribution >= 0.6 is 0 Å². The number of rotatable bonds is 6. The molecule has 0 saturated heterocycles. The van der Waals surface area contributed by atoms with Crippen LogP contribution in [-0.2, 0) is 18.3 Å². The standard InChI is InChI=1S/C21H24N4O2/c1-24(2)14-19(15-9-5-4-6-10-15)22-20(26)13-18-16-11-7-8-12-17(16)21(27)25(3)23-18/h4-12,19H,13-14H2,1-3H3,(H,22,26)/p+1/t19-/m1/s1. The molecular formula is C21H25N4O2+. The monoisotopic (exact) mass is 365 g/mol. The first kappa shape index (κ1) is 18.8. The lowest BCUT2D eigenvalue weighted by Gasteiger charge is -2.21. The van der Waals surface area contributed by atoms with Gasteiger partial charge in [-0.05, 0) is 11.6 Å². The molecule has 1 amide bonds. The van der Waals surface area contributed by atoms with Crippen molar-refractivity contribution in [1.29, 1.82) is 0 Å². The predicted octanol–water partition coefficient (Wildman–Crippen LogP) is 0.478. The number of nitrogens with zero attached hydrogens (tertiary/aromatic N) is 2. The van der Waals surface area contributed by atoms with Gasteiger partial charge >= 0.3 is 0 Å². The van der Waals surface area contributed by atoms with Crippen molar-refractivity contribution in [3.63, 3.8) is 0 Å². The first-order valence-electron chi connectivity index (χ1n) is 9.04. The van der Waals surface area contributed by atoms with Crippen LogP contribution in [0.5, 0.6) is 0 Å². The molecule has 0 aliphatic rings. The van der Waals surface area contributed by atoms with Gasteiger partial charge in [0.25, 0.3) is 5.56 Å². The number of aryl methyl sites for hydroxylation is 1. The highest BCUT2D eigenvalue weighted by Crippen LogP contribution is 2.15. The number of fused-ring (bicyclic) bond motifs is 1. The average molecular weight is 365 g/mol. The van der Waals surface area contributed by atoms with Gasteiger partial charge in [0, 0.05) is 12.4 Å². The fourth-order valence-corrected chi connectivity index (χ4v) is 3.25. The Hall–Kier alpha value is -2.99. The van der Waals surface area contributed by atoms with Crippen LogP contribution in [0.4, 0.5) is 0 Å². The maximum Gasteiger partial charge on any atom is 0.274 e. The smallest absolute Gasteiger partial charge is 0.274 e. The van der Waals surface area contributed by atoms with Crippen molar-refractivity contribution in [2.24, 2.45) is 7.05 Å². The van der Waals surface area contributed by atoms with E-state index in [1.54, 1.807) is 13.1 Å². The predicted molar refractivity (Wildman–Crippen MR) is 106 cm³/mol. The second-order valence-electron chi connectivity index (χ2n) is 7.04. The van der Waals surface area contributed by atoms with Crippen molar-refractivity contribution in [3.8, 4) is 0 Å². The zero-order valence-corrected chi connectivity index (χ0v) is 15.9. The van der Waals surface area contributed by atoms with Gasteiger partial charge in [-0.25, -0.2) is 4.68 Å². The summed E-state index contributed by atoms with van der Waals surface area (Å²) >= 11 is 0. The summed E-state index contributed by atoms with van der Waals surface area (Å²) in [6, 6.07) is 17.2. The molecule has 6 heteroatoms. The highest BCUT2D eigenvalue weighted by atomic mass is 16.2. The van der Waals surface area contributed by atoms with Crippen LogP contribution in [0.1, 0.15) is 17.3 Å². The van der Waals surface area contributed by atoms with Crippen molar-refractivity contribution < 1.29 is 9.69 Å². The third-order valence-electron chi connectivity index (χ3n) is 4.51. The summed E-state index contributed by atoms with van der Waals surface area (Å²) in [6.45, 7) is 0.775. The van der Waals surface area contributed by atoms with Crippen molar-refractivity contribution in [3.05, 3.63) is 76.2 Å². The first-order chi connectivity index (χ1) is 13.0. The van der Waals surface area contributed by atoms with E-state index in [9.17, 15) is 9.59 Å². The van der Waals surface area contributed by atoms with Crippen LogP contribution < -0.4 is 15.8 Å². The molecule has 1 aromatic heterocycles. The van der Waals surface area contributed by atoms with Gasteiger partial charge < -0.3 is 10.2 Å². The molecule has 140 valence electrons. The lowest BCUT2D eigenvalue weighted by Crippen LogP contribution is -3.06. The Morgan fingerprint density at radius 1 is 1.07 bits per heavy atom. The minimum absolute atomic E-state index is 0.0810. The van der Waals surface area contributed by atoms with Crippen LogP contribution in [0.3, 0.4) is 0 Å². The minimum Gasteiger partial charge on any atom is -0.343 e.